The van der Waals surface area contributed by atoms with Crippen molar-refractivity contribution in [3.05, 3.63) is 51.3 Å². The Morgan fingerprint density at radius 2 is 2.08 bits per heavy atom. The van der Waals surface area contributed by atoms with E-state index in [0.29, 0.717) is 35.1 Å². The second-order valence-electron chi connectivity index (χ2n) is 5.98. The fourth-order valence-electron chi connectivity index (χ4n) is 3.10. The molecule has 0 spiro atoms. The van der Waals surface area contributed by atoms with Crippen LogP contribution in [0.25, 0.3) is 0 Å². The van der Waals surface area contributed by atoms with E-state index in [-0.39, 0.29) is 17.9 Å². The molecule has 0 bridgehead atoms. The number of aromatic nitrogens is 1. The molecule has 5 nitrogen and oxygen atoms in total. The first-order chi connectivity index (χ1) is 11.5. The van der Waals surface area contributed by atoms with Gasteiger partial charge in [0.05, 0.1) is 27.4 Å². The summed E-state index contributed by atoms with van der Waals surface area (Å²) in [5.74, 6) is 0.751. The minimum atomic E-state index is -0.177. The Bertz CT molecular complexity index is 727. The van der Waals surface area contributed by atoms with E-state index in [4.69, 9.17) is 32.5 Å². The van der Waals surface area contributed by atoms with Crippen molar-refractivity contribution in [2.24, 2.45) is 5.92 Å². The molecule has 2 aromatic rings. The maximum atomic E-state index is 12.8. The summed E-state index contributed by atoms with van der Waals surface area (Å²) in [6.07, 6.45) is 0.597. The van der Waals surface area contributed by atoms with Gasteiger partial charge in [-0.15, -0.1) is 0 Å². The van der Waals surface area contributed by atoms with Crippen LogP contribution in [-0.4, -0.2) is 42.3 Å². The number of likely N-dealkylation sites (tertiary alicyclic amines) is 1. The molecule has 128 valence electrons. The third-order valence-electron chi connectivity index (χ3n) is 4.29. The van der Waals surface area contributed by atoms with Gasteiger partial charge in [-0.3, -0.25) is 4.79 Å². The number of ether oxygens (including phenoxy) is 1. The SMILES string of the molecule is COC1CN(C(=O)c2c(Cl)cccc2Cl)CC1Cc1cc(C)no1. The van der Waals surface area contributed by atoms with E-state index in [0.717, 1.165) is 11.5 Å². The monoisotopic (exact) mass is 368 g/mol. The molecule has 2 heterocycles. The van der Waals surface area contributed by atoms with Gasteiger partial charge in [0.15, 0.2) is 0 Å². The highest BCUT2D eigenvalue weighted by molar-refractivity contribution is 6.39. The maximum Gasteiger partial charge on any atom is 0.256 e. The van der Waals surface area contributed by atoms with Crippen molar-refractivity contribution in [2.75, 3.05) is 20.2 Å². The first kappa shape index (κ1) is 17.3. The number of halogens is 2. The standard InChI is InChI=1S/C17H18Cl2N2O3/c1-10-6-12(24-20-10)7-11-8-21(9-15(11)23-2)17(22)16-13(18)4-3-5-14(16)19/h3-6,11,15H,7-9H2,1-2H3. The van der Waals surface area contributed by atoms with Gasteiger partial charge in [0, 0.05) is 38.6 Å². The molecule has 1 aliphatic heterocycles. The van der Waals surface area contributed by atoms with Crippen LogP contribution in [0.15, 0.2) is 28.8 Å². The molecule has 1 aromatic carbocycles. The Morgan fingerprint density at radius 3 is 2.67 bits per heavy atom. The minimum Gasteiger partial charge on any atom is -0.379 e. The first-order valence-corrected chi connectivity index (χ1v) is 8.43. The first-order valence-electron chi connectivity index (χ1n) is 7.68. The lowest BCUT2D eigenvalue weighted by Crippen LogP contribution is -2.30. The molecular formula is C17H18Cl2N2O3. The molecule has 1 aromatic heterocycles. The largest absolute Gasteiger partial charge is 0.379 e. The Morgan fingerprint density at radius 1 is 1.38 bits per heavy atom. The molecule has 3 rings (SSSR count). The zero-order chi connectivity index (χ0) is 17.3. The number of methoxy groups -OCH3 is 1. The van der Waals surface area contributed by atoms with Crippen molar-refractivity contribution in [3.8, 4) is 0 Å². The van der Waals surface area contributed by atoms with Crippen LogP contribution >= 0.6 is 23.2 Å². The quantitative estimate of drug-likeness (QED) is 0.826. The van der Waals surface area contributed by atoms with E-state index in [9.17, 15) is 4.79 Å². The summed E-state index contributed by atoms with van der Waals surface area (Å²) < 4.78 is 10.8. The molecule has 0 N–H and O–H groups in total. The summed E-state index contributed by atoms with van der Waals surface area (Å²) in [7, 11) is 1.65. The Kier molecular flexibility index (Phi) is 5.13. The second kappa shape index (κ2) is 7.13. The summed E-state index contributed by atoms with van der Waals surface area (Å²) in [4.78, 5) is 14.5. The van der Waals surface area contributed by atoms with E-state index in [1.54, 1.807) is 30.2 Å². The van der Waals surface area contributed by atoms with Gasteiger partial charge in [-0.05, 0) is 19.1 Å². The van der Waals surface area contributed by atoms with Crippen LogP contribution in [0.2, 0.25) is 10.0 Å². The van der Waals surface area contributed by atoms with Gasteiger partial charge in [-0.1, -0.05) is 34.4 Å². The van der Waals surface area contributed by atoms with Gasteiger partial charge in [0.1, 0.15) is 5.76 Å². The highest BCUT2D eigenvalue weighted by Crippen LogP contribution is 2.30. The fourth-order valence-corrected chi connectivity index (χ4v) is 3.66. The van der Waals surface area contributed by atoms with E-state index >= 15 is 0 Å². The lowest BCUT2D eigenvalue weighted by molar-refractivity contribution is 0.0672. The predicted octanol–water partition coefficient (Wildman–Crippen LogP) is 3.62. The third kappa shape index (κ3) is 3.43. The van der Waals surface area contributed by atoms with E-state index in [1.165, 1.54) is 0 Å². The molecule has 2 atom stereocenters. The Hall–Kier alpha value is -1.56. The van der Waals surface area contributed by atoms with Crippen molar-refractivity contribution < 1.29 is 14.1 Å². The smallest absolute Gasteiger partial charge is 0.256 e. The average molecular weight is 369 g/mol. The number of aryl methyl sites for hydroxylation is 1. The topological polar surface area (TPSA) is 55.6 Å². The van der Waals surface area contributed by atoms with Gasteiger partial charge < -0.3 is 14.2 Å². The highest BCUT2D eigenvalue weighted by atomic mass is 35.5. The lowest BCUT2D eigenvalue weighted by Gasteiger charge is -2.17. The number of carbonyl (C=O) groups is 1. The highest BCUT2D eigenvalue weighted by Gasteiger charge is 2.37. The molecule has 1 fully saturated rings. The zero-order valence-electron chi connectivity index (χ0n) is 13.5. The van der Waals surface area contributed by atoms with Gasteiger partial charge in [-0.2, -0.15) is 0 Å². The average Bonchev–Trinajstić information content (AvgIpc) is 3.13. The number of hydrogen-bond donors (Lipinski definition) is 0. The third-order valence-corrected chi connectivity index (χ3v) is 4.92. The number of hydrogen-bond acceptors (Lipinski definition) is 4. The van der Waals surface area contributed by atoms with Crippen molar-refractivity contribution >= 4 is 29.1 Å². The maximum absolute atomic E-state index is 12.8. The Labute approximate surface area is 150 Å². The molecule has 0 radical (unpaired) electrons. The van der Waals surface area contributed by atoms with Crippen LogP contribution in [0.4, 0.5) is 0 Å². The number of carbonyl (C=O) groups excluding carboxylic acids is 1. The van der Waals surface area contributed by atoms with Crippen molar-refractivity contribution in [1.82, 2.24) is 10.1 Å². The molecule has 2 unspecified atom stereocenters. The molecule has 0 aliphatic carbocycles. The molecule has 1 aliphatic rings. The van der Waals surface area contributed by atoms with Crippen molar-refractivity contribution in [1.29, 1.82) is 0 Å². The van der Waals surface area contributed by atoms with Crippen LogP contribution in [0, 0.1) is 12.8 Å². The van der Waals surface area contributed by atoms with Gasteiger partial charge in [0.25, 0.3) is 5.91 Å². The van der Waals surface area contributed by atoms with Crippen LogP contribution in [0.5, 0.6) is 0 Å². The molecule has 7 heteroatoms. The van der Waals surface area contributed by atoms with Gasteiger partial charge in [0.2, 0.25) is 0 Å². The van der Waals surface area contributed by atoms with E-state index in [2.05, 4.69) is 5.16 Å². The van der Waals surface area contributed by atoms with E-state index < -0.39 is 0 Å². The number of benzene rings is 1. The summed E-state index contributed by atoms with van der Waals surface area (Å²) in [5, 5.41) is 4.62. The number of nitrogens with zero attached hydrogens (tertiary/aromatic N) is 2. The van der Waals surface area contributed by atoms with Crippen LogP contribution in [0.1, 0.15) is 21.8 Å². The summed E-state index contributed by atoms with van der Waals surface area (Å²) in [6.45, 7) is 2.93. The van der Waals surface area contributed by atoms with Gasteiger partial charge >= 0.3 is 0 Å². The summed E-state index contributed by atoms with van der Waals surface area (Å²) in [6, 6.07) is 6.96. The summed E-state index contributed by atoms with van der Waals surface area (Å²) >= 11 is 12.3. The molecular weight excluding hydrogens is 351 g/mol. The van der Waals surface area contributed by atoms with E-state index in [1.807, 2.05) is 13.0 Å². The normalized spacial score (nSPS) is 20.6. The minimum absolute atomic E-state index is 0.0689. The van der Waals surface area contributed by atoms with Crippen LogP contribution in [-0.2, 0) is 11.2 Å². The summed E-state index contributed by atoms with van der Waals surface area (Å²) in [5.41, 5.74) is 1.18. The molecule has 1 amide bonds. The lowest BCUT2D eigenvalue weighted by atomic mass is 10.0. The predicted molar refractivity (Wildman–Crippen MR) is 91.6 cm³/mol. The zero-order valence-corrected chi connectivity index (χ0v) is 15.0. The number of rotatable bonds is 4. The number of amides is 1. The van der Waals surface area contributed by atoms with Crippen LogP contribution in [0.3, 0.4) is 0 Å². The van der Waals surface area contributed by atoms with Crippen molar-refractivity contribution in [2.45, 2.75) is 19.4 Å². The molecule has 1 saturated heterocycles. The Balaban J connectivity index is 1.77. The fraction of sp³-hybridized carbons (Fsp3) is 0.412. The molecule has 24 heavy (non-hydrogen) atoms. The molecule has 0 saturated carbocycles. The van der Waals surface area contributed by atoms with Crippen molar-refractivity contribution in [3.63, 3.8) is 0 Å². The second-order valence-corrected chi connectivity index (χ2v) is 6.79. The van der Waals surface area contributed by atoms with Crippen LogP contribution < -0.4 is 0 Å². The van der Waals surface area contributed by atoms with Gasteiger partial charge in [-0.25, -0.2) is 0 Å².